The fourth-order valence-corrected chi connectivity index (χ4v) is 4.19. The lowest BCUT2D eigenvalue weighted by atomic mass is 10.2. The topological polar surface area (TPSA) is 99.7 Å². The number of aromatic nitrogens is 1. The molecule has 29 heavy (non-hydrogen) atoms. The maximum Gasteiger partial charge on any atom is 0.254 e. The summed E-state index contributed by atoms with van der Waals surface area (Å²) in [6.45, 7) is 1.63. The third-order valence-corrected chi connectivity index (χ3v) is 6.25. The van der Waals surface area contributed by atoms with Crippen molar-refractivity contribution in [2.45, 2.75) is 11.3 Å². The van der Waals surface area contributed by atoms with E-state index in [0.29, 0.717) is 36.8 Å². The Bertz CT molecular complexity index is 977. The molecule has 1 saturated heterocycles. The van der Waals surface area contributed by atoms with E-state index in [0.717, 1.165) is 0 Å². The van der Waals surface area contributed by atoms with Gasteiger partial charge in [-0.2, -0.15) is 0 Å². The molecule has 10 heteroatoms. The molecular formula is C19H21ClN4O4S. The van der Waals surface area contributed by atoms with Crippen LogP contribution < -0.4 is 4.72 Å². The Morgan fingerprint density at radius 1 is 1.07 bits per heavy atom. The first kappa shape index (κ1) is 21.2. The van der Waals surface area contributed by atoms with Crippen LogP contribution in [-0.2, 0) is 14.8 Å². The van der Waals surface area contributed by atoms with Crippen LogP contribution in [0.5, 0.6) is 0 Å². The van der Waals surface area contributed by atoms with Crippen molar-refractivity contribution in [2.75, 3.05) is 32.7 Å². The molecule has 2 amide bonds. The van der Waals surface area contributed by atoms with E-state index in [1.165, 1.54) is 24.5 Å². The number of carbonyl (C=O) groups excluding carboxylic acids is 2. The van der Waals surface area contributed by atoms with Crippen LogP contribution in [0.4, 0.5) is 0 Å². The lowest BCUT2D eigenvalue weighted by molar-refractivity contribution is -0.132. The van der Waals surface area contributed by atoms with Crippen LogP contribution in [0, 0.1) is 0 Å². The van der Waals surface area contributed by atoms with E-state index >= 15 is 0 Å². The fourth-order valence-electron chi connectivity index (χ4n) is 3.00. The third-order valence-electron chi connectivity index (χ3n) is 4.57. The minimum Gasteiger partial charge on any atom is -0.339 e. The van der Waals surface area contributed by atoms with Gasteiger partial charge in [0.05, 0.1) is 0 Å². The maximum absolute atomic E-state index is 12.5. The van der Waals surface area contributed by atoms with Crippen molar-refractivity contribution in [1.82, 2.24) is 19.5 Å². The van der Waals surface area contributed by atoms with Crippen LogP contribution in [0.3, 0.4) is 0 Å². The minimum absolute atomic E-state index is 0.00226. The summed E-state index contributed by atoms with van der Waals surface area (Å²) in [4.78, 5) is 32.1. The molecule has 0 bridgehead atoms. The van der Waals surface area contributed by atoms with E-state index in [4.69, 9.17) is 11.6 Å². The molecule has 1 fully saturated rings. The average Bonchev–Trinajstić information content (AvgIpc) is 2.74. The van der Waals surface area contributed by atoms with Gasteiger partial charge in [0.15, 0.2) is 0 Å². The van der Waals surface area contributed by atoms with Crippen LogP contribution in [0.25, 0.3) is 0 Å². The number of benzene rings is 1. The minimum atomic E-state index is -3.69. The molecule has 1 N–H and O–H groups in total. The summed E-state index contributed by atoms with van der Waals surface area (Å²) in [6.07, 6.45) is 2.78. The van der Waals surface area contributed by atoms with Crippen LogP contribution in [0.15, 0.2) is 53.7 Å². The molecule has 0 aliphatic carbocycles. The molecule has 2 heterocycles. The number of nitrogens with one attached hydrogen (secondary N) is 1. The molecular weight excluding hydrogens is 416 g/mol. The van der Waals surface area contributed by atoms with E-state index in [9.17, 15) is 18.0 Å². The summed E-state index contributed by atoms with van der Waals surface area (Å²) in [6, 6.07) is 9.73. The fraction of sp³-hybridized carbons (Fsp3) is 0.316. The summed E-state index contributed by atoms with van der Waals surface area (Å²) in [7, 11) is -3.69. The van der Waals surface area contributed by atoms with Gasteiger partial charge < -0.3 is 9.80 Å². The zero-order valence-corrected chi connectivity index (χ0v) is 17.2. The first-order valence-electron chi connectivity index (χ1n) is 9.09. The second kappa shape index (κ2) is 9.34. The molecule has 8 nitrogen and oxygen atoms in total. The molecule has 1 aliphatic rings. The first-order chi connectivity index (χ1) is 13.9. The SMILES string of the molecule is O=C(CCNS(=O)(=O)c1cccnc1)N1CCN(C(=O)c2cccc(Cl)c2)CC1. The van der Waals surface area contributed by atoms with Crippen LogP contribution in [0.2, 0.25) is 5.02 Å². The van der Waals surface area contributed by atoms with Crippen molar-refractivity contribution in [3.05, 3.63) is 59.4 Å². The molecule has 0 atom stereocenters. The number of hydrogen-bond donors (Lipinski definition) is 1. The highest BCUT2D eigenvalue weighted by molar-refractivity contribution is 7.89. The predicted molar refractivity (Wildman–Crippen MR) is 108 cm³/mol. The van der Waals surface area contributed by atoms with Crippen molar-refractivity contribution >= 4 is 33.4 Å². The van der Waals surface area contributed by atoms with Gasteiger partial charge in [-0.25, -0.2) is 13.1 Å². The summed E-state index contributed by atoms with van der Waals surface area (Å²) < 4.78 is 26.7. The van der Waals surface area contributed by atoms with E-state index < -0.39 is 10.0 Å². The van der Waals surface area contributed by atoms with Gasteiger partial charge >= 0.3 is 0 Å². The maximum atomic E-state index is 12.5. The second-order valence-electron chi connectivity index (χ2n) is 6.52. The molecule has 0 spiro atoms. The Balaban J connectivity index is 1.46. The third kappa shape index (κ3) is 5.53. The van der Waals surface area contributed by atoms with Gasteiger partial charge in [0.25, 0.3) is 5.91 Å². The van der Waals surface area contributed by atoms with Crippen molar-refractivity contribution in [3.8, 4) is 0 Å². The molecule has 1 aromatic heterocycles. The average molecular weight is 437 g/mol. The van der Waals surface area contributed by atoms with Crippen LogP contribution >= 0.6 is 11.6 Å². The standard InChI is InChI=1S/C19H21ClN4O4S/c20-16-4-1-3-15(13-16)19(26)24-11-9-23(10-12-24)18(25)6-8-22-29(27,28)17-5-2-7-21-14-17/h1-5,7,13-14,22H,6,8-12H2. The van der Waals surface area contributed by atoms with E-state index in [2.05, 4.69) is 9.71 Å². The van der Waals surface area contributed by atoms with E-state index in [1.54, 1.807) is 34.1 Å². The van der Waals surface area contributed by atoms with Gasteiger partial charge in [-0.05, 0) is 30.3 Å². The van der Waals surface area contributed by atoms with Gasteiger partial charge in [0, 0.05) is 62.1 Å². The lowest BCUT2D eigenvalue weighted by Gasteiger charge is -2.35. The molecule has 154 valence electrons. The van der Waals surface area contributed by atoms with Gasteiger partial charge in [0.2, 0.25) is 15.9 Å². The molecule has 0 unspecified atom stereocenters. The van der Waals surface area contributed by atoms with E-state index in [1.807, 2.05) is 0 Å². The summed E-state index contributed by atoms with van der Waals surface area (Å²) in [5, 5.41) is 0.499. The number of hydrogen-bond acceptors (Lipinski definition) is 5. The molecule has 1 aromatic carbocycles. The first-order valence-corrected chi connectivity index (χ1v) is 11.0. The monoisotopic (exact) mass is 436 g/mol. The number of piperazine rings is 1. The molecule has 3 rings (SSSR count). The van der Waals surface area contributed by atoms with Gasteiger partial charge in [0.1, 0.15) is 4.90 Å². The summed E-state index contributed by atoms with van der Waals surface area (Å²) in [5.74, 6) is -0.280. The Hall–Kier alpha value is -2.49. The Morgan fingerprint density at radius 2 is 1.79 bits per heavy atom. The Kier molecular flexibility index (Phi) is 6.83. The smallest absolute Gasteiger partial charge is 0.254 e. The van der Waals surface area contributed by atoms with Gasteiger partial charge in [-0.15, -0.1) is 0 Å². The highest BCUT2D eigenvalue weighted by atomic mass is 35.5. The number of rotatable bonds is 6. The number of pyridine rings is 1. The lowest BCUT2D eigenvalue weighted by Crippen LogP contribution is -2.51. The number of amides is 2. The quantitative estimate of drug-likeness (QED) is 0.737. The van der Waals surface area contributed by atoms with Crippen LogP contribution in [0.1, 0.15) is 16.8 Å². The summed E-state index contributed by atoms with van der Waals surface area (Å²) in [5.41, 5.74) is 0.516. The van der Waals surface area contributed by atoms with E-state index in [-0.39, 0.29) is 29.7 Å². The van der Waals surface area contributed by atoms with Crippen molar-refractivity contribution in [3.63, 3.8) is 0 Å². The number of halogens is 1. The zero-order valence-electron chi connectivity index (χ0n) is 15.6. The van der Waals surface area contributed by atoms with Crippen LogP contribution in [-0.4, -0.2) is 67.7 Å². The second-order valence-corrected chi connectivity index (χ2v) is 8.72. The van der Waals surface area contributed by atoms with Gasteiger partial charge in [-0.1, -0.05) is 17.7 Å². The predicted octanol–water partition coefficient (Wildman–Crippen LogP) is 1.39. The zero-order chi connectivity index (χ0) is 20.9. The highest BCUT2D eigenvalue weighted by Gasteiger charge is 2.25. The molecule has 0 radical (unpaired) electrons. The number of sulfonamides is 1. The molecule has 1 aliphatic heterocycles. The number of carbonyl (C=O) groups is 2. The van der Waals surface area contributed by atoms with Crippen molar-refractivity contribution in [2.24, 2.45) is 0 Å². The molecule has 2 aromatic rings. The molecule has 0 saturated carbocycles. The number of nitrogens with zero attached hydrogens (tertiary/aromatic N) is 3. The Morgan fingerprint density at radius 3 is 2.45 bits per heavy atom. The normalized spacial score (nSPS) is 14.7. The summed E-state index contributed by atoms with van der Waals surface area (Å²) >= 11 is 5.94. The largest absolute Gasteiger partial charge is 0.339 e. The van der Waals surface area contributed by atoms with Gasteiger partial charge in [-0.3, -0.25) is 14.6 Å². The van der Waals surface area contributed by atoms with Crippen molar-refractivity contribution < 1.29 is 18.0 Å². The van der Waals surface area contributed by atoms with Crippen molar-refractivity contribution in [1.29, 1.82) is 0 Å². The highest BCUT2D eigenvalue weighted by Crippen LogP contribution is 2.14. The Labute approximate surface area is 174 Å².